The molecular weight excluding hydrogens is 370 g/mol. The van der Waals surface area contributed by atoms with Crippen molar-refractivity contribution in [3.8, 4) is 0 Å². The largest absolute Gasteiger partial charge is 0.459 e. The number of esters is 1. The summed E-state index contributed by atoms with van der Waals surface area (Å²) in [5, 5.41) is 0. The van der Waals surface area contributed by atoms with E-state index in [0.717, 1.165) is 24.3 Å². The molecule has 28 heavy (non-hydrogen) atoms. The highest BCUT2D eigenvalue weighted by Gasteiger charge is 2.60. The molecule has 0 heterocycles. The topological polar surface area (TPSA) is 58.6 Å². The van der Waals surface area contributed by atoms with Gasteiger partial charge in [-0.3, -0.25) is 0 Å². The molecule has 1 aliphatic carbocycles. The highest BCUT2D eigenvalue weighted by molar-refractivity contribution is 7.90. The fourth-order valence-electron chi connectivity index (χ4n) is 3.50. The second-order valence-corrected chi connectivity index (χ2v) is 11.7. The third kappa shape index (κ3) is 5.98. The summed E-state index contributed by atoms with van der Waals surface area (Å²) in [5.74, 6) is 0.947. The first kappa shape index (κ1) is 23.2. The highest BCUT2D eigenvalue weighted by Crippen LogP contribution is 2.55. The van der Waals surface area contributed by atoms with Gasteiger partial charge in [0, 0.05) is 0 Å². The van der Waals surface area contributed by atoms with E-state index >= 15 is 0 Å². The molecule has 1 saturated carbocycles. The minimum atomic E-state index is -0.893. The van der Waals surface area contributed by atoms with E-state index in [0.29, 0.717) is 11.5 Å². The van der Waals surface area contributed by atoms with Crippen molar-refractivity contribution in [2.75, 3.05) is 0 Å². The normalized spacial score (nSPS) is 23.1. The third-order valence-corrected chi connectivity index (χ3v) is 6.99. The summed E-state index contributed by atoms with van der Waals surface area (Å²) in [6, 6.07) is 7.73. The number of benzene rings is 1. The second-order valence-electron chi connectivity index (χ2n) is 9.73. The van der Waals surface area contributed by atoms with Crippen LogP contribution in [-0.2, 0) is 21.6 Å². The van der Waals surface area contributed by atoms with Crippen LogP contribution in [0.3, 0.4) is 0 Å². The lowest BCUT2D eigenvalue weighted by atomic mass is 9.98. The van der Waals surface area contributed by atoms with Crippen molar-refractivity contribution in [2.24, 2.45) is 11.8 Å². The van der Waals surface area contributed by atoms with Crippen LogP contribution >= 0.6 is 0 Å². The van der Waals surface area contributed by atoms with Gasteiger partial charge in [-0.25, -0.2) is 4.79 Å². The van der Waals surface area contributed by atoms with Crippen LogP contribution in [0, 0.1) is 11.8 Å². The van der Waals surface area contributed by atoms with Gasteiger partial charge in [-0.05, 0) is 77.0 Å². The molecule has 0 amide bonds. The summed E-state index contributed by atoms with van der Waals surface area (Å²) in [6.07, 6.45) is 4.50. The fraction of sp³-hybridized carbons (Fsp3) is 0.696. The molecule has 3 atom stereocenters. The number of nitrogens with one attached hydrogen (secondary N) is 1. The number of ether oxygens (including phenoxy) is 1. The number of rotatable bonds is 9. The van der Waals surface area contributed by atoms with Crippen molar-refractivity contribution in [2.45, 2.75) is 90.5 Å². The van der Waals surface area contributed by atoms with Crippen molar-refractivity contribution in [1.82, 2.24) is 4.72 Å². The number of carbonyl (C=O) groups excluding carboxylic acids is 1. The predicted molar refractivity (Wildman–Crippen MR) is 118 cm³/mol. The molecule has 0 aromatic heterocycles. The lowest BCUT2D eigenvalue weighted by Crippen LogP contribution is -2.45. The zero-order chi connectivity index (χ0) is 21.1. The van der Waals surface area contributed by atoms with Crippen LogP contribution in [-0.4, -0.2) is 21.4 Å². The highest BCUT2D eigenvalue weighted by atomic mass is 32.2. The molecule has 4 nitrogen and oxygen atoms in total. The fourth-order valence-corrected chi connectivity index (χ4v) is 4.52. The van der Waals surface area contributed by atoms with E-state index in [1.54, 1.807) is 0 Å². The zero-order valence-electron chi connectivity index (χ0n) is 18.5. The zero-order valence-corrected chi connectivity index (χ0v) is 19.4. The van der Waals surface area contributed by atoms with Crippen LogP contribution in [0.1, 0.15) is 90.1 Å². The summed E-state index contributed by atoms with van der Waals surface area (Å²) in [6.45, 7) is 14.4. The molecule has 1 unspecified atom stereocenters. The smallest absolute Gasteiger partial charge is 0.338 e. The van der Waals surface area contributed by atoms with Crippen molar-refractivity contribution in [3.63, 3.8) is 0 Å². The molecule has 0 radical (unpaired) electrons. The molecule has 1 aromatic rings. The summed E-state index contributed by atoms with van der Waals surface area (Å²) >= 11 is -0.893. The minimum absolute atomic E-state index is 0.128. The van der Waals surface area contributed by atoms with Crippen LogP contribution in [0.5, 0.6) is 0 Å². The van der Waals surface area contributed by atoms with Crippen molar-refractivity contribution in [3.05, 3.63) is 35.4 Å². The van der Waals surface area contributed by atoms with Gasteiger partial charge in [0.25, 0.3) is 0 Å². The van der Waals surface area contributed by atoms with Gasteiger partial charge in [0.1, 0.15) is 0 Å². The van der Waals surface area contributed by atoms with Gasteiger partial charge in [-0.15, -0.1) is 0 Å². The minimum Gasteiger partial charge on any atom is -0.459 e. The van der Waals surface area contributed by atoms with Crippen molar-refractivity contribution >= 4 is 17.3 Å². The third-order valence-electron chi connectivity index (χ3n) is 5.28. The van der Waals surface area contributed by atoms with Crippen LogP contribution in [0.2, 0.25) is 0 Å². The van der Waals surface area contributed by atoms with Crippen LogP contribution in [0.15, 0.2) is 24.3 Å². The maximum atomic E-state index is 12.1. The lowest BCUT2D eigenvalue weighted by Gasteiger charge is -2.22. The molecule has 0 bridgehead atoms. The van der Waals surface area contributed by atoms with Gasteiger partial charge < -0.3 is 4.74 Å². The van der Waals surface area contributed by atoms with E-state index < -0.39 is 11.4 Å². The van der Waals surface area contributed by atoms with Gasteiger partial charge in [-0.2, -0.15) is 4.55 Å². The SMILES string of the molecule is CC(C)CCC[C@H]1C[C@@]1(N[S+](O)C(C)(C)C)c1ccc(C(=O)OC(C)C)cc1. The summed E-state index contributed by atoms with van der Waals surface area (Å²) in [4.78, 5) is 12.1. The quantitative estimate of drug-likeness (QED) is 0.407. The molecular formula is C23H38NO3S+. The Kier molecular flexibility index (Phi) is 7.62. The van der Waals surface area contributed by atoms with Gasteiger partial charge in [0.15, 0.2) is 4.75 Å². The number of hydrogen-bond donors (Lipinski definition) is 2. The monoisotopic (exact) mass is 408 g/mol. The molecule has 0 aliphatic heterocycles. The Hall–Kier alpha value is -1.04. The molecule has 158 valence electrons. The van der Waals surface area contributed by atoms with Gasteiger partial charge in [-0.1, -0.05) is 43.5 Å². The predicted octanol–water partition coefficient (Wildman–Crippen LogP) is 5.69. The standard InChI is InChI=1S/C23H38NO3S/c1-16(2)9-8-10-20-15-23(20,24-28(26)22(5,6)7)19-13-11-18(12-14-19)21(25)27-17(3)4/h11-14,16-17,20,24,26H,8-10,15H2,1-7H3/q+1/t20-,23+,28?/m0/s1. The molecule has 5 heteroatoms. The Morgan fingerprint density at radius 1 is 1.25 bits per heavy atom. The summed E-state index contributed by atoms with van der Waals surface area (Å²) in [5.41, 5.74) is 1.53. The maximum absolute atomic E-state index is 12.1. The first-order valence-corrected chi connectivity index (χ1v) is 11.7. The van der Waals surface area contributed by atoms with Crippen LogP contribution < -0.4 is 4.72 Å². The number of hydrogen-bond acceptors (Lipinski definition) is 4. The van der Waals surface area contributed by atoms with Crippen LogP contribution in [0.25, 0.3) is 0 Å². The molecule has 2 rings (SSSR count). The van der Waals surface area contributed by atoms with E-state index in [2.05, 4.69) is 39.3 Å². The van der Waals surface area contributed by atoms with Crippen molar-refractivity contribution in [1.29, 1.82) is 0 Å². The molecule has 0 saturated heterocycles. The van der Waals surface area contributed by atoms with Gasteiger partial charge in [0.2, 0.25) is 11.4 Å². The Morgan fingerprint density at radius 3 is 2.36 bits per heavy atom. The van der Waals surface area contributed by atoms with Crippen LogP contribution in [0.4, 0.5) is 0 Å². The molecule has 1 aromatic carbocycles. The average Bonchev–Trinajstić information content (AvgIpc) is 3.27. The first-order valence-electron chi connectivity index (χ1n) is 10.5. The van der Waals surface area contributed by atoms with E-state index in [4.69, 9.17) is 4.74 Å². The Morgan fingerprint density at radius 2 is 1.86 bits per heavy atom. The number of carbonyl (C=O) groups is 1. The average molecular weight is 409 g/mol. The molecule has 1 fully saturated rings. The van der Waals surface area contributed by atoms with E-state index in [1.807, 2.05) is 38.1 Å². The molecule has 0 spiro atoms. The van der Waals surface area contributed by atoms with Gasteiger partial charge >= 0.3 is 5.97 Å². The van der Waals surface area contributed by atoms with E-state index in [9.17, 15) is 9.35 Å². The van der Waals surface area contributed by atoms with Gasteiger partial charge in [0.05, 0.1) is 17.2 Å². The van der Waals surface area contributed by atoms with E-state index in [1.165, 1.54) is 12.8 Å². The molecule has 1 aliphatic rings. The van der Waals surface area contributed by atoms with Crippen molar-refractivity contribution < 1.29 is 14.1 Å². The second kappa shape index (κ2) is 9.19. The Bertz CT molecular complexity index is 651. The Balaban J connectivity index is 2.17. The van der Waals surface area contributed by atoms with E-state index in [-0.39, 0.29) is 22.4 Å². The summed E-state index contributed by atoms with van der Waals surface area (Å²) in [7, 11) is 0. The Labute approximate surface area is 174 Å². The molecule has 2 N–H and O–H groups in total. The maximum Gasteiger partial charge on any atom is 0.338 e. The summed E-state index contributed by atoms with van der Waals surface area (Å²) < 4.78 is 19.4. The lowest BCUT2D eigenvalue weighted by molar-refractivity contribution is 0.0378. The first-order chi connectivity index (χ1) is 13.0.